The zero-order chi connectivity index (χ0) is 29.6. The molecule has 0 unspecified atom stereocenters. The second kappa shape index (κ2) is 14.1. The van der Waals surface area contributed by atoms with Gasteiger partial charge in [-0.2, -0.15) is 21.7 Å². The fourth-order valence-electron chi connectivity index (χ4n) is 6.72. The molecule has 9 heteroatoms. The van der Waals surface area contributed by atoms with E-state index in [4.69, 9.17) is 14.7 Å². The number of anilines is 2. The largest absolute Gasteiger partial charge is 0.462 e. The third kappa shape index (κ3) is 7.00. The fourth-order valence-corrected chi connectivity index (χ4v) is 7.13. The van der Waals surface area contributed by atoms with Crippen molar-refractivity contribution in [3.8, 4) is 6.01 Å². The van der Waals surface area contributed by atoms with Gasteiger partial charge in [-0.3, -0.25) is 0 Å². The Morgan fingerprint density at radius 3 is 2.65 bits per heavy atom. The Kier molecular flexibility index (Phi) is 9.81. The zero-order valence-corrected chi connectivity index (χ0v) is 26.8. The number of hydrogen-bond acceptors (Lipinski definition) is 9. The number of likely N-dealkylation sites (N-methyl/N-ethyl adjacent to an activating group) is 1. The van der Waals surface area contributed by atoms with Crippen LogP contribution in [0, 0.1) is 6.92 Å². The molecule has 8 nitrogen and oxygen atoms in total. The predicted molar refractivity (Wildman–Crippen MR) is 180 cm³/mol. The maximum absolute atomic E-state index is 6.35. The molecule has 3 aliphatic rings. The van der Waals surface area contributed by atoms with Crippen molar-refractivity contribution >= 4 is 40.0 Å². The van der Waals surface area contributed by atoms with Crippen LogP contribution in [0.1, 0.15) is 48.9 Å². The first kappa shape index (κ1) is 29.9. The van der Waals surface area contributed by atoms with Gasteiger partial charge in [0.2, 0.25) is 0 Å². The molecule has 228 valence electrons. The molecule has 1 atom stereocenters. The molecule has 2 fully saturated rings. The Hall–Kier alpha value is -3.13. The third-order valence-corrected chi connectivity index (χ3v) is 9.92. The molecule has 0 amide bonds. The molecule has 1 aromatic heterocycles. The second-order valence-electron chi connectivity index (χ2n) is 12.1. The number of likely N-dealkylation sites (tertiary alicyclic amines) is 1. The highest BCUT2D eigenvalue weighted by atomic mass is 32.2. The number of aromatic nitrogens is 2. The van der Waals surface area contributed by atoms with E-state index in [1.54, 1.807) is 0 Å². The van der Waals surface area contributed by atoms with E-state index in [-0.39, 0.29) is 6.04 Å². The summed E-state index contributed by atoms with van der Waals surface area (Å²) in [6.45, 7) is 8.32. The van der Waals surface area contributed by atoms with Crippen LogP contribution in [0.15, 0.2) is 46.4 Å². The highest BCUT2D eigenvalue weighted by molar-refractivity contribution is 7.98. The number of hydrogen-bond donors (Lipinski definition) is 0. The SMILES string of the molecule is CSCCCN=C=NC1CCN(c2nc(OC[C@@H]3CCCN3C)nc3c2CCN(c2cccc4cccc(C)c24)C3)CC1. The maximum atomic E-state index is 6.35. The second-order valence-corrected chi connectivity index (χ2v) is 13.1. The summed E-state index contributed by atoms with van der Waals surface area (Å²) in [6.07, 6.45) is 8.48. The number of fused-ring (bicyclic) bond motifs is 2. The minimum absolute atomic E-state index is 0.275. The quantitative estimate of drug-likeness (QED) is 0.213. The lowest BCUT2D eigenvalue weighted by atomic mass is 9.99. The van der Waals surface area contributed by atoms with E-state index in [2.05, 4.69) is 87.3 Å². The molecule has 3 aromatic rings. The minimum Gasteiger partial charge on any atom is -0.462 e. The number of ether oxygens (including phenoxy) is 1. The fraction of sp³-hybridized carbons (Fsp3) is 0.559. The Labute approximate surface area is 260 Å². The van der Waals surface area contributed by atoms with Gasteiger partial charge >= 0.3 is 6.01 Å². The molecule has 0 aliphatic carbocycles. The number of piperidine rings is 1. The Morgan fingerprint density at radius 1 is 1.02 bits per heavy atom. The van der Waals surface area contributed by atoms with E-state index < -0.39 is 0 Å². The first-order valence-electron chi connectivity index (χ1n) is 15.9. The van der Waals surface area contributed by atoms with Crippen LogP contribution in [0.5, 0.6) is 6.01 Å². The summed E-state index contributed by atoms with van der Waals surface area (Å²) < 4.78 is 6.35. The van der Waals surface area contributed by atoms with E-state index >= 15 is 0 Å². The van der Waals surface area contributed by atoms with Crippen molar-refractivity contribution in [1.82, 2.24) is 14.9 Å². The molecule has 3 aliphatic heterocycles. The molecular formula is C34H45N7OS. The monoisotopic (exact) mass is 599 g/mol. The van der Waals surface area contributed by atoms with Crippen LogP contribution in [0.2, 0.25) is 0 Å². The summed E-state index contributed by atoms with van der Waals surface area (Å²) in [5.74, 6) is 2.19. The van der Waals surface area contributed by atoms with Crippen LogP contribution in [-0.4, -0.2) is 91.3 Å². The lowest BCUT2D eigenvalue weighted by molar-refractivity contribution is 0.187. The Balaban J connectivity index is 1.23. The van der Waals surface area contributed by atoms with Crippen molar-refractivity contribution in [2.45, 2.75) is 64.1 Å². The van der Waals surface area contributed by atoms with Crippen molar-refractivity contribution in [2.24, 2.45) is 9.98 Å². The third-order valence-electron chi connectivity index (χ3n) is 9.22. The van der Waals surface area contributed by atoms with Crippen molar-refractivity contribution in [2.75, 3.05) is 68.2 Å². The molecule has 2 saturated heterocycles. The van der Waals surface area contributed by atoms with E-state index in [0.29, 0.717) is 18.7 Å². The standard InChI is InChI=1S/C34H45N7OS/c1-25-8-4-9-26-10-5-12-31(32(25)26)41-20-15-29-30(22-41)37-34(42-23-28-11-6-17-39(28)2)38-33(29)40-18-13-27(14-19-40)36-24-35-16-7-21-43-3/h4-5,8-10,12,27-28H,6-7,11,13-23H2,1-3H3/t28-/m0/s1. The number of benzene rings is 2. The molecule has 2 aromatic carbocycles. The summed E-state index contributed by atoms with van der Waals surface area (Å²) in [5.41, 5.74) is 4.96. The molecule has 0 N–H and O–H groups in total. The maximum Gasteiger partial charge on any atom is 0.318 e. The summed E-state index contributed by atoms with van der Waals surface area (Å²) in [5, 5.41) is 2.62. The predicted octanol–water partition coefficient (Wildman–Crippen LogP) is 5.87. The summed E-state index contributed by atoms with van der Waals surface area (Å²) >= 11 is 1.86. The normalized spacial score (nSPS) is 19.4. The minimum atomic E-state index is 0.275. The van der Waals surface area contributed by atoms with Gasteiger partial charge in [0.05, 0.1) is 30.8 Å². The molecule has 0 radical (unpaired) electrons. The molecule has 0 spiro atoms. The van der Waals surface area contributed by atoms with Gasteiger partial charge in [-0.15, -0.1) is 0 Å². The molecular weight excluding hydrogens is 554 g/mol. The van der Waals surface area contributed by atoms with Crippen LogP contribution in [0.4, 0.5) is 11.5 Å². The highest BCUT2D eigenvalue weighted by Crippen LogP contribution is 2.36. The smallest absolute Gasteiger partial charge is 0.318 e. The summed E-state index contributed by atoms with van der Waals surface area (Å²) in [4.78, 5) is 26.5. The zero-order valence-electron chi connectivity index (χ0n) is 26.0. The number of thioether (sulfide) groups is 1. The number of nitrogens with zero attached hydrogens (tertiary/aromatic N) is 7. The van der Waals surface area contributed by atoms with Crippen molar-refractivity contribution < 1.29 is 4.74 Å². The molecule has 6 rings (SSSR count). The van der Waals surface area contributed by atoms with E-state index in [1.807, 2.05) is 11.8 Å². The number of aryl methyl sites for hydroxylation is 1. The topological polar surface area (TPSA) is 69.5 Å². The first-order chi connectivity index (χ1) is 21.1. The van der Waals surface area contributed by atoms with Gasteiger partial charge in [-0.25, -0.2) is 9.98 Å². The highest BCUT2D eigenvalue weighted by Gasteiger charge is 2.29. The Bertz CT molecular complexity index is 1460. The summed E-state index contributed by atoms with van der Waals surface area (Å²) in [6, 6.07) is 17.4. The lowest BCUT2D eigenvalue weighted by Crippen LogP contribution is -2.39. The first-order valence-corrected chi connectivity index (χ1v) is 17.3. The van der Waals surface area contributed by atoms with Crippen LogP contribution in [0.25, 0.3) is 10.8 Å². The van der Waals surface area contributed by atoms with Crippen LogP contribution in [-0.2, 0) is 13.0 Å². The molecule has 0 bridgehead atoms. The Morgan fingerprint density at radius 2 is 1.86 bits per heavy atom. The van der Waals surface area contributed by atoms with Crippen LogP contribution in [0.3, 0.4) is 0 Å². The van der Waals surface area contributed by atoms with E-state index in [9.17, 15) is 0 Å². The van der Waals surface area contributed by atoms with E-state index in [0.717, 1.165) is 88.6 Å². The average molecular weight is 600 g/mol. The van der Waals surface area contributed by atoms with Gasteiger partial charge in [-0.1, -0.05) is 30.3 Å². The van der Waals surface area contributed by atoms with Gasteiger partial charge in [0, 0.05) is 42.3 Å². The molecule has 43 heavy (non-hydrogen) atoms. The average Bonchev–Trinajstić information content (AvgIpc) is 3.45. The lowest BCUT2D eigenvalue weighted by Gasteiger charge is -2.36. The van der Waals surface area contributed by atoms with Gasteiger partial charge < -0.3 is 19.4 Å². The van der Waals surface area contributed by atoms with E-state index in [1.165, 1.54) is 34.0 Å². The summed E-state index contributed by atoms with van der Waals surface area (Å²) in [7, 11) is 2.19. The van der Waals surface area contributed by atoms with Crippen molar-refractivity contribution in [1.29, 1.82) is 0 Å². The number of rotatable bonds is 10. The van der Waals surface area contributed by atoms with Gasteiger partial charge in [-0.05, 0) is 88.1 Å². The van der Waals surface area contributed by atoms with Crippen molar-refractivity contribution in [3.05, 3.63) is 53.2 Å². The number of aliphatic imine (C=N–C) groups is 2. The molecule has 4 heterocycles. The van der Waals surface area contributed by atoms with Gasteiger partial charge in [0.15, 0.2) is 0 Å². The van der Waals surface area contributed by atoms with Gasteiger partial charge in [0.25, 0.3) is 0 Å². The van der Waals surface area contributed by atoms with Crippen LogP contribution < -0.4 is 14.5 Å². The molecule has 0 saturated carbocycles. The van der Waals surface area contributed by atoms with Gasteiger partial charge in [0.1, 0.15) is 12.4 Å². The van der Waals surface area contributed by atoms with Crippen LogP contribution >= 0.6 is 11.8 Å². The van der Waals surface area contributed by atoms with Crippen molar-refractivity contribution in [3.63, 3.8) is 0 Å².